The molecule has 0 spiro atoms. The highest BCUT2D eigenvalue weighted by Crippen LogP contribution is 2.45. The lowest BCUT2D eigenvalue weighted by atomic mass is 9.86. The number of alkyl halides is 1. The number of carbonyl (C=O) groups excluding carboxylic acids is 2. The molecule has 2 aromatic rings. The van der Waals surface area contributed by atoms with Gasteiger partial charge in [0, 0.05) is 28.1 Å². The molecule has 3 rings (SSSR count). The molecule has 1 heterocycles. The molecular weight excluding hydrogens is 383 g/mol. The Balaban J connectivity index is 0.00000124. The van der Waals surface area contributed by atoms with Gasteiger partial charge < -0.3 is 15.4 Å². The van der Waals surface area contributed by atoms with Gasteiger partial charge in [-0.05, 0) is 23.6 Å². The van der Waals surface area contributed by atoms with Crippen LogP contribution in [0.4, 0.5) is 4.39 Å². The van der Waals surface area contributed by atoms with E-state index in [0.29, 0.717) is 16.9 Å². The van der Waals surface area contributed by atoms with Crippen molar-refractivity contribution in [3.8, 4) is 5.75 Å². The smallest absolute Gasteiger partial charge is 0.254 e. The van der Waals surface area contributed by atoms with Crippen LogP contribution in [0.5, 0.6) is 5.75 Å². The summed E-state index contributed by atoms with van der Waals surface area (Å²) in [6.07, 6.45) is 0.570. The predicted octanol–water partition coefficient (Wildman–Crippen LogP) is 4.81. The summed E-state index contributed by atoms with van der Waals surface area (Å²) in [5.74, 6) is 0.143. The zero-order chi connectivity index (χ0) is 22.3. The molecule has 0 bridgehead atoms. The summed E-state index contributed by atoms with van der Waals surface area (Å²) in [4.78, 5) is 24.4. The summed E-state index contributed by atoms with van der Waals surface area (Å²) >= 11 is 0. The summed E-state index contributed by atoms with van der Waals surface area (Å²) in [6, 6.07) is 12.5. The maximum absolute atomic E-state index is 13.6. The van der Waals surface area contributed by atoms with E-state index in [2.05, 4.69) is 31.4 Å². The van der Waals surface area contributed by atoms with Gasteiger partial charge in [0.1, 0.15) is 18.5 Å². The fraction of sp³-hybridized carbons (Fsp3) is 0.417. The van der Waals surface area contributed by atoms with Gasteiger partial charge in [0.2, 0.25) is 0 Å². The van der Waals surface area contributed by atoms with Crippen molar-refractivity contribution in [3.05, 3.63) is 64.7 Å². The number of amides is 2. The van der Waals surface area contributed by atoms with Gasteiger partial charge in [-0.3, -0.25) is 9.59 Å². The Bertz CT molecular complexity index is 879. The first-order valence-electron chi connectivity index (χ1n) is 10.3. The molecule has 0 saturated heterocycles. The lowest BCUT2D eigenvalue weighted by Crippen LogP contribution is -2.22. The van der Waals surface area contributed by atoms with Crippen LogP contribution in [-0.2, 0) is 0 Å². The fourth-order valence-electron chi connectivity index (χ4n) is 3.19. The highest BCUT2D eigenvalue weighted by atomic mass is 19.1. The Morgan fingerprint density at radius 1 is 1.10 bits per heavy atom. The van der Waals surface area contributed by atoms with Gasteiger partial charge >= 0.3 is 0 Å². The molecular formula is C24H35FN2O3. The Morgan fingerprint density at radius 2 is 1.70 bits per heavy atom. The number of fused-ring (bicyclic) bond motifs is 1. The molecule has 0 aromatic heterocycles. The zero-order valence-corrected chi connectivity index (χ0v) is 18.3. The van der Waals surface area contributed by atoms with E-state index < -0.39 is 12.8 Å². The SMILES string of the molecule is CCC(C)C.CNC(=O)c1cc(C(=O)NC)c2c(c1)[C@H](c1ccccc1)C(CF)O2.[HH].[HH]. The molecule has 0 radical (unpaired) electrons. The molecule has 1 aliphatic heterocycles. The van der Waals surface area contributed by atoms with Gasteiger partial charge in [0.25, 0.3) is 11.8 Å². The number of benzene rings is 2. The minimum absolute atomic E-state index is 0. The number of carbonyl (C=O) groups is 2. The number of ether oxygens (including phenoxy) is 1. The van der Waals surface area contributed by atoms with Crippen LogP contribution in [0.3, 0.4) is 0 Å². The quantitative estimate of drug-likeness (QED) is 0.732. The Labute approximate surface area is 181 Å². The lowest BCUT2D eigenvalue weighted by Gasteiger charge is -2.16. The van der Waals surface area contributed by atoms with Crippen LogP contribution in [0.15, 0.2) is 42.5 Å². The van der Waals surface area contributed by atoms with Crippen molar-refractivity contribution in [2.75, 3.05) is 20.8 Å². The van der Waals surface area contributed by atoms with Gasteiger partial charge in [-0.15, -0.1) is 0 Å². The second kappa shape index (κ2) is 10.8. The van der Waals surface area contributed by atoms with Crippen LogP contribution in [0.2, 0.25) is 0 Å². The molecule has 5 nitrogen and oxygen atoms in total. The molecule has 6 heteroatoms. The average Bonchev–Trinajstić information content (AvgIpc) is 3.16. The molecule has 30 heavy (non-hydrogen) atoms. The second-order valence-corrected chi connectivity index (χ2v) is 7.60. The van der Waals surface area contributed by atoms with E-state index in [1.807, 2.05) is 30.3 Å². The van der Waals surface area contributed by atoms with E-state index in [1.165, 1.54) is 26.6 Å². The second-order valence-electron chi connectivity index (χ2n) is 7.60. The summed E-state index contributed by atoms with van der Waals surface area (Å²) in [5.41, 5.74) is 2.09. The summed E-state index contributed by atoms with van der Waals surface area (Å²) in [5, 5.41) is 5.09. The Hall–Kier alpha value is -2.89. The van der Waals surface area contributed by atoms with Crippen molar-refractivity contribution in [3.63, 3.8) is 0 Å². The zero-order valence-electron chi connectivity index (χ0n) is 18.3. The molecule has 1 aliphatic rings. The lowest BCUT2D eigenvalue weighted by molar-refractivity contribution is 0.0955. The van der Waals surface area contributed by atoms with Gasteiger partial charge in [-0.25, -0.2) is 4.39 Å². The van der Waals surface area contributed by atoms with Gasteiger partial charge in [0.15, 0.2) is 0 Å². The number of hydrogen-bond donors (Lipinski definition) is 2. The first-order valence-corrected chi connectivity index (χ1v) is 10.3. The Morgan fingerprint density at radius 3 is 2.20 bits per heavy atom. The van der Waals surface area contributed by atoms with Crippen molar-refractivity contribution in [2.24, 2.45) is 5.92 Å². The molecule has 0 fully saturated rings. The molecule has 0 saturated carbocycles. The van der Waals surface area contributed by atoms with E-state index in [1.54, 1.807) is 6.07 Å². The average molecular weight is 419 g/mol. The van der Waals surface area contributed by atoms with Crippen LogP contribution >= 0.6 is 0 Å². The maximum atomic E-state index is 13.6. The summed E-state index contributed by atoms with van der Waals surface area (Å²) < 4.78 is 19.4. The van der Waals surface area contributed by atoms with Crippen molar-refractivity contribution < 1.29 is 21.6 Å². The predicted molar refractivity (Wildman–Crippen MR) is 121 cm³/mol. The van der Waals surface area contributed by atoms with Crippen molar-refractivity contribution in [2.45, 2.75) is 39.2 Å². The molecule has 2 aromatic carbocycles. The van der Waals surface area contributed by atoms with E-state index >= 15 is 0 Å². The molecule has 1 unspecified atom stereocenters. The molecule has 166 valence electrons. The summed E-state index contributed by atoms with van der Waals surface area (Å²) in [7, 11) is 3.02. The van der Waals surface area contributed by atoms with E-state index in [-0.39, 0.29) is 26.1 Å². The third-order valence-corrected chi connectivity index (χ3v) is 5.18. The highest BCUT2D eigenvalue weighted by molar-refractivity contribution is 6.02. The number of nitrogens with one attached hydrogen (secondary N) is 2. The van der Waals surface area contributed by atoms with Crippen LogP contribution < -0.4 is 15.4 Å². The topological polar surface area (TPSA) is 67.4 Å². The van der Waals surface area contributed by atoms with Gasteiger partial charge in [-0.2, -0.15) is 0 Å². The highest BCUT2D eigenvalue weighted by Gasteiger charge is 2.38. The summed E-state index contributed by atoms with van der Waals surface area (Å²) in [6.45, 7) is 5.95. The molecule has 2 amide bonds. The monoisotopic (exact) mass is 418 g/mol. The fourth-order valence-corrected chi connectivity index (χ4v) is 3.19. The Kier molecular flexibility index (Phi) is 8.39. The van der Waals surface area contributed by atoms with Gasteiger partial charge in [0.05, 0.1) is 11.5 Å². The van der Waals surface area contributed by atoms with Crippen LogP contribution in [0.25, 0.3) is 0 Å². The molecule has 2 N–H and O–H groups in total. The first kappa shape index (κ1) is 23.4. The minimum Gasteiger partial charge on any atom is -0.486 e. The molecule has 2 atom stereocenters. The van der Waals surface area contributed by atoms with Crippen molar-refractivity contribution in [1.82, 2.24) is 10.6 Å². The molecule has 0 aliphatic carbocycles. The standard InChI is InChI=1S/C19H19FN2O3.C5H12.2H2/c1-21-18(23)12-8-13-16(11-6-4-3-5-7-11)15(10-20)25-17(13)14(9-12)19(24)22-2;1-4-5(2)3;;/h3-9,15-16H,10H2,1-2H3,(H,21,23)(H,22,24);5H,4H2,1-3H3;2*1H/t15?,16-;;;/m0.../s1. The van der Waals surface area contributed by atoms with E-state index in [0.717, 1.165) is 11.5 Å². The number of hydrogen-bond acceptors (Lipinski definition) is 3. The van der Waals surface area contributed by atoms with Crippen LogP contribution in [-0.4, -0.2) is 38.7 Å². The first-order chi connectivity index (χ1) is 14.4. The third kappa shape index (κ3) is 5.17. The number of rotatable bonds is 5. The van der Waals surface area contributed by atoms with Crippen LogP contribution in [0.1, 0.15) is 67.8 Å². The third-order valence-electron chi connectivity index (χ3n) is 5.18. The van der Waals surface area contributed by atoms with E-state index in [4.69, 9.17) is 4.74 Å². The van der Waals surface area contributed by atoms with Gasteiger partial charge in [-0.1, -0.05) is 57.5 Å². The van der Waals surface area contributed by atoms with Crippen molar-refractivity contribution >= 4 is 11.8 Å². The maximum Gasteiger partial charge on any atom is 0.254 e. The van der Waals surface area contributed by atoms with E-state index in [9.17, 15) is 14.0 Å². The van der Waals surface area contributed by atoms with Crippen LogP contribution in [0, 0.1) is 5.92 Å². The van der Waals surface area contributed by atoms with Crippen molar-refractivity contribution in [1.29, 1.82) is 0 Å². The normalized spacial score (nSPS) is 16.8. The largest absolute Gasteiger partial charge is 0.486 e. The minimum atomic E-state index is -0.735. The number of halogens is 1.